The molecule has 6 nitrogen and oxygen atoms in total. The number of carbonyl (C=O) groups excluding carboxylic acids is 3. The van der Waals surface area contributed by atoms with Gasteiger partial charge in [-0.3, -0.25) is 19.3 Å². The lowest BCUT2D eigenvalue weighted by atomic mass is 10.1. The molecule has 3 amide bonds. The first-order chi connectivity index (χ1) is 13.8. The molecule has 0 saturated heterocycles. The third-order valence-corrected chi connectivity index (χ3v) is 4.89. The molecule has 0 spiro atoms. The summed E-state index contributed by atoms with van der Waals surface area (Å²) >= 11 is 3.39. The Balaban J connectivity index is 1.75. The van der Waals surface area contributed by atoms with Crippen molar-refractivity contribution < 1.29 is 19.1 Å². The van der Waals surface area contributed by atoms with E-state index in [1.807, 2.05) is 26.0 Å². The number of hydrogen-bond acceptors (Lipinski definition) is 4. The summed E-state index contributed by atoms with van der Waals surface area (Å²) in [6, 6.07) is 10.2. The fourth-order valence-electron chi connectivity index (χ4n) is 3.08. The average molecular weight is 457 g/mol. The largest absolute Gasteiger partial charge is 0.496 e. The van der Waals surface area contributed by atoms with Crippen molar-refractivity contribution in [2.45, 2.75) is 13.8 Å². The Bertz CT molecular complexity index is 1010. The minimum absolute atomic E-state index is 0.177. The lowest BCUT2D eigenvalue weighted by Crippen LogP contribution is -2.33. The number of carbonyl (C=O) groups is 3. The Kier molecular flexibility index (Phi) is 6.17. The van der Waals surface area contributed by atoms with Gasteiger partial charge in [0.25, 0.3) is 11.8 Å². The van der Waals surface area contributed by atoms with Crippen LogP contribution in [0.25, 0.3) is 6.08 Å². The molecule has 1 aliphatic rings. The van der Waals surface area contributed by atoms with Gasteiger partial charge in [-0.1, -0.05) is 29.8 Å². The van der Waals surface area contributed by atoms with Crippen LogP contribution in [0.15, 0.2) is 46.9 Å². The van der Waals surface area contributed by atoms with Crippen LogP contribution in [0.2, 0.25) is 0 Å². The maximum Gasteiger partial charge on any atom is 0.261 e. The number of anilines is 1. The lowest BCUT2D eigenvalue weighted by Gasteiger charge is -2.15. The van der Waals surface area contributed by atoms with Gasteiger partial charge in [0.15, 0.2) is 0 Å². The van der Waals surface area contributed by atoms with Crippen LogP contribution in [0.1, 0.15) is 40.1 Å². The number of imide groups is 1. The molecule has 3 rings (SSSR count). The van der Waals surface area contributed by atoms with Crippen molar-refractivity contribution in [3.05, 3.63) is 63.6 Å². The van der Waals surface area contributed by atoms with Crippen LogP contribution in [-0.2, 0) is 4.79 Å². The van der Waals surface area contributed by atoms with Gasteiger partial charge in [-0.25, -0.2) is 0 Å². The highest BCUT2D eigenvalue weighted by Gasteiger charge is 2.35. The number of hydrogen-bond donors (Lipinski definition) is 1. The Morgan fingerprint density at radius 3 is 2.55 bits per heavy atom. The standard InChI is InChI=1S/C22H21BrN2O4/c1-13(2)12-25-21(27)17-7-6-16(11-18(17)22(25)28)24-20(26)9-4-14-10-15(23)5-8-19(14)29-3/h4-11,13H,12H2,1-3H3,(H,24,26)/b9-4+. The van der Waals surface area contributed by atoms with E-state index in [2.05, 4.69) is 21.2 Å². The topological polar surface area (TPSA) is 75.7 Å². The summed E-state index contributed by atoms with van der Waals surface area (Å²) < 4.78 is 6.15. The molecule has 0 fully saturated rings. The van der Waals surface area contributed by atoms with Crippen LogP contribution < -0.4 is 10.1 Å². The van der Waals surface area contributed by atoms with Crippen LogP contribution in [0.3, 0.4) is 0 Å². The SMILES string of the molecule is COc1ccc(Br)cc1/C=C/C(=O)Nc1ccc2c(c1)C(=O)N(CC(C)C)C2=O. The van der Waals surface area contributed by atoms with E-state index in [9.17, 15) is 14.4 Å². The second-order valence-corrected chi connectivity index (χ2v) is 8.00. The van der Waals surface area contributed by atoms with Crippen molar-refractivity contribution in [1.29, 1.82) is 0 Å². The molecule has 1 heterocycles. The fraction of sp³-hybridized carbons (Fsp3) is 0.227. The normalized spacial score (nSPS) is 13.3. The van der Waals surface area contributed by atoms with Gasteiger partial charge in [-0.15, -0.1) is 0 Å². The Labute approximate surface area is 177 Å². The number of halogens is 1. The molecule has 0 aliphatic carbocycles. The van der Waals surface area contributed by atoms with Gasteiger partial charge in [0.1, 0.15) is 5.75 Å². The molecule has 1 aliphatic heterocycles. The molecule has 1 N–H and O–H groups in total. The van der Waals surface area contributed by atoms with E-state index in [0.717, 1.165) is 10.0 Å². The van der Waals surface area contributed by atoms with E-state index >= 15 is 0 Å². The van der Waals surface area contributed by atoms with Gasteiger partial charge in [-0.2, -0.15) is 0 Å². The van der Waals surface area contributed by atoms with Crippen molar-refractivity contribution in [2.24, 2.45) is 5.92 Å². The molecule has 0 bridgehead atoms. The van der Waals surface area contributed by atoms with Crippen LogP contribution in [0.5, 0.6) is 5.75 Å². The number of benzene rings is 2. The molecule has 0 unspecified atom stereocenters. The molecule has 0 saturated carbocycles. The predicted octanol–water partition coefficient (Wildman–Crippen LogP) is 4.36. The minimum atomic E-state index is -0.359. The fourth-order valence-corrected chi connectivity index (χ4v) is 3.46. The first kappa shape index (κ1) is 20.8. The van der Waals surface area contributed by atoms with Gasteiger partial charge in [-0.05, 0) is 48.4 Å². The van der Waals surface area contributed by atoms with Crippen molar-refractivity contribution >= 4 is 45.4 Å². The first-order valence-electron chi connectivity index (χ1n) is 9.13. The Morgan fingerprint density at radius 1 is 1.14 bits per heavy atom. The van der Waals surface area contributed by atoms with Crippen LogP contribution >= 0.6 is 15.9 Å². The average Bonchev–Trinajstić information content (AvgIpc) is 2.90. The predicted molar refractivity (Wildman–Crippen MR) is 115 cm³/mol. The number of rotatable bonds is 6. The van der Waals surface area contributed by atoms with Gasteiger partial charge < -0.3 is 10.1 Å². The molecule has 150 valence electrons. The summed E-state index contributed by atoms with van der Waals surface area (Å²) in [5, 5.41) is 2.72. The van der Waals surface area contributed by atoms with E-state index in [0.29, 0.717) is 29.1 Å². The zero-order valence-electron chi connectivity index (χ0n) is 16.4. The van der Waals surface area contributed by atoms with Crippen molar-refractivity contribution in [1.82, 2.24) is 4.90 Å². The summed E-state index contributed by atoms with van der Waals surface area (Å²) in [5.41, 5.74) is 1.87. The highest BCUT2D eigenvalue weighted by molar-refractivity contribution is 9.10. The Hall–Kier alpha value is -2.93. The van der Waals surface area contributed by atoms with Gasteiger partial charge in [0.2, 0.25) is 5.91 Å². The molecule has 2 aromatic rings. The third kappa shape index (κ3) is 4.56. The Morgan fingerprint density at radius 2 is 1.86 bits per heavy atom. The molecule has 7 heteroatoms. The summed E-state index contributed by atoms with van der Waals surface area (Å²) in [6.07, 6.45) is 3.03. The van der Waals surface area contributed by atoms with E-state index in [-0.39, 0.29) is 23.6 Å². The monoisotopic (exact) mass is 456 g/mol. The first-order valence-corrected chi connectivity index (χ1v) is 9.92. The zero-order chi connectivity index (χ0) is 21.1. The van der Waals surface area contributed by atoms with Gasteiger partial charge >= 0.3 is 0 Å². The van der Waals surface area contributed by atoms with Crippen LogP contribution in [0, 0.1) is 5.92 Å². The molecule has 29 heavy (non-hydrogen) atoms. The second-order valence-electron chi connectivity index (χ2n) is 7.08. The molecular weight excluding hydrogens is 436 g/mol. The van der Waals surface area contributed by atoms with Crippen LogP contribution in [0.4, 0.5) is 5.69 Å². The molecule has 0 radical (unpaired) electrons. The second kappa shape index (κ2) is 8.61. The lowest BCUT2D eigenvalue weighted by molar-refractivity contribution is -0.111. The maximum absolute atomic E-state index is 12.6. The summed E-state index contributed by atoms with van der Waals surface area (Å²) in [6.45, 7) is 4.26. The highest BCUT2D eigenvalue weighted by Crippen LogP contribution is 2.27. The van der Waals surface area contributed by atoms with E-state index in [1.165, 1.54) is 11.0 Å². The quantitative estimate of drug-likeness (QED) is 0.517. The number of ether oxygens (including phenoxy) is 1. The smallest absolute Gasteiger partial charge is 0.261 e. The van der Waals surface area contributed by atoms with Crippen molar-refractivity contribution in [3.63, 3.8) is 0 Å². The minimum Gasteiger partial charge on any atom is -0.496 e. The van der Waals surface area contributed by atoms with Crippen molar-refractivity contribution in [3.8, 4) is 5.75 Å². The number of fused-ring (bicyclic) bond motifs is 1. The maximum atomic E-state index is 12.6. The number of nitrogens with zero attached hydrogens (tertiary/aromatic N) is 1. The third-order valence-electron chi connectivity index (χ3n) is 4.39. The van der Waals surface area contributed by atoms with Gasteiger partial charge in [0.05, 0.1) is 18.2 Å². The molecular formula is C22H21BrN2O4. The van der Waals surface area contributed by atoms with Crippen LogP contribution in [-0.4, -0.2) is 36.3 Å². The van der Waals surface area contributed by atoms with E-state index in [1.54, 1.807) is 37.5 Å². The number of methoxy groups -OCH3 is 1. The number of amides is 3. The highest BCUT2D eigenvalue weighted by atomic mass is 79.9. The van der Waals surface area contributed by atoms with E-state index in [4.69, 9.17) is 4.74 Å². The molecule has 0 atom stereocenters. The molecule has 2 aromatic carbocycles. The zero-order valence-corrected chi connectivity index (χ0v) is 17.9. The summed E-state index contributed by atoms with van der Waals surface area (Å²) in [4.78, 5) is 38.5. The molecule has 0 aromatic heterocycles. The number of nitrogens with one attached hydrogen (secondary N) is 1. The van der Waals surface area contributed by atoms with Crippen molar-refractivity contribution in [2.75, 3.05) is 19.0 Å². The summed E-state index contributed by atoms with van der Waals surface area (Å²) in [5.74, 6) is -0.161. The van der Waals surface area contributed by atoms with E-state index < -0.39 is 0 Å². The van der Waals surface area contributed by atoms with Gasteiger partial charge in [0, 0.05) is 28.3 Å². The summed E-state index contributed by atoms with van der Waals surface area (Å²) in [7, 11) is 1.56.